The number of benzene rings is 4. The van der Waals surface area contributed by atoms with Crippen LogP contribution in [0.2, 0.25) is 6.82 Å². The standard InChI is InChI=1S/C34H36BN2O2/c1-7-25-8-12-27(13-9-25)33(38)36-31-21(2)16-29(17-22(31)3)30-18-23(4)32(24(5)19-30)37-34(39)28-14-10-26(11-15-28)20-35-6/h8-19H,7,20H2,1-6H3,(H,36,38)(H,37,39). The van der Waals surface area contributed by atoms with Gasteiger partial charge in [0.2, 0.25) is 0 Å². The maximum Gasteiger partial charge on any atom is 0.255 e. The third-order valence-corrected chi connectivity index (χ3v) is 7.16. The van der Waals surface area contributed by atoms with E-state index in [2.05, 4.69) is 49.1 Å². The van der Waals surface area contributed by atoms with Crippen LogP contribution in [0.25, 0.3) is 11.1 Å². The first-order valence-corrected chi connectivity index (χ1v) is 13.5. The van der Waals surface area contributed by atoms with Gasteiger partial charge in [0.15, 0.2) is 0 Å². The summed E-state index contributed by atoms with van der Waals surface area (Å²) in [7, 11) is 2.10. The van der Waals surface area contributed by atoms with E-state index >= 15 is 0 Å². The Morgan fingerprint density at radius 3 is 1.31 bits per heavy atom. The SMILES string of the molecule is C[B]Cc1ccc(C(=O)Nc2c(C)cc(-c3cc(C)c(NC(=O)c4ccc(CC)cc4)c(C)c3)cc2C)cc1. The van der Waals surface area contributed by atoms with Crippen molar-refractivity contribution < 1.29 is 9.59 Å². The molecule has 4 rings (SSSR count). The molecule has 0 unspecified atom stereocenters. The van der Waals surface area contributed by atoms with Gasteiger partial charge in [0.1, 0.15) is 7.28 Å². The van der Waals surface area contributed by atoms with Crippen LogP contribution in [0.5, 0.6) is 0 Å². The van der Waals surface area contributed by atoms with Crippen molar-refractivity contribution in [3.63, 3.8) is 0 Å². The molecule has 1 radical (unpaired) electrons. The molecule has 0 heterocycles. The van der Waals surface area contributed by atoms with Crippen molar-refractivity contribution in [1.29, 1.82) is 0 Å². The van der Waals surface area contributed by atoms with Crippen molar-refractivity contribution in [1.82, 2.24) is 0 Å². The first-order chi connectivity index (χ1) is 18.7. The Hall–Kier alpha value is -4.12. The second-order valence-corrected chi connectivity index (χ2v) is 10.2. The summed E-state index contributed by atoms with van der Waals surface area (Å²) in [5.41, 5.74) is 11.5. The summed E-state index contributed by atoms with van der Waals surface area (Å²) in [6.07, 6.45) is 1.83. The lowest BCUT2D eigenvalue weighted by Crippen LogP contribution is -2.14. The van der Waals surface area contributed by atoms with Crippen LogP contribution < -0.4 is 10.6 Å². The minimum Gasteiger partial charge on any atom is -0.322 e. The van der Waals surface area contributed by atoms with E-state index in [9.17, 15) is 9.59 Å². The molecule has 0 aliphatic carbocycles. The molecule has 0 fully saturated rings. The van der Waals surface area contributed by atoms with Crippen LogP contribution in [0.15, 0.2) is 72.8 Å². The minimum atomic E-state index is -0.114. The van der Waals surface area contributed by atoms with Crippen LogP contribution in [0.1, 0.15) is 61.0 Å². The van der Waals surface area contributed by atoms with Crippen LogP contribution in [0.3, 0.4) is 0 Å². The summed E-state index contributed by atoms with van der Waals surface area (Å²) in [6, 6.07) is 23.9. The molecule has 0 bridgehead atoms. The fraction of sp³-hybridized carbons (Fsp3) is 0.235. The predicted molar refractivity (Wildman–Crippen MR) is 164 cm³/mol. The van der Waals surface area contributed by atoms with Gasteiger partial charge in [0.25, 0.3) is 11.8 Å². The fourth-order valence-electron chi connectivity index (χ4n) is 4.95. The van der Waals surface area contributed by atoms with Crippen LogP contribution in [-0.2, 0) is 12.7 Å². The highest BCUT2D eigenvalue weighted by atomic mass is 16.2. The zero-order chi connectivity index (χ0) is 28.1. The van der Waals surface area contributed by atoms with Crippen molar-refractivity contribution in [3.05, 3.63) is 117 Å². The Morgan fingerprint density at radius 1 is 0.615 bits per heavy atom. The van der Waals surface area contributed by atoms with E-state index < -0.39 is 0 Å². The Morgan fingerprint density at radius 2 is 0.974 bits per heavy atom. The van der Waals surface area contributed by atoms with Gasteiger partial charge in [-0.1, -0.05) is 49.9 Å². The Bertz CT molecular complexity index is 1460. The smallest absolute Gasteiger partial charge is 0.255 e. The maximum atomic E-state index is 12.9. The normalized spacial score (nSPS) is 10.7. The summed E-state index contributed by atoms with van der Waals surface area (Å²) >= 11 is 0. The summed E-state index contributed by atoms with van der Waals surface area (Å²) in [4.78, 5) is 25.8. The molecule has 5 heteroatoms. The highest BCUT2D eigenvalue weighted by Gasteiger charge is 2.15. The van der Waals surface area contributed by atoms with Gasteiger partial charge in [0, 0.05) is 22.5 Å². The molecule has 4 nitrogen and oxygen atoms in total. The highest BCUT2D eigenvalue weighted by Crippen LogP contribution is 2.33. The number of hydrogen-bond donors (Lipinski definition) is 2. The quantitative estimate of drug-likeness (QED) is 0.234. The molecule has 0 atom stereocenters. The molecule has 0 spiro atoms. The summed E-state index contributed by atoms with van der Waals surface area (Å²) in [6.45, 7) is 12.2. The number of carbonyl (C=O) groups is 2. The van der Waals surface area contributed by atoms with Crippen molar-refractivity contribution in [2.24, 2.45) is 0 Å². The van der Waals surface area contributed by atoms with Gasteiger partial charge in [-0.3, -0.25) is 9.59 Å². The van der Waals surface area contributed by atoms with E-state index in [4.69, 9.17) is 0 Å². The number of hydrogen-bond acceptors (Lipinski definition) is 2. The molecule has 197 valence electrons. The summed E-state index contributed by atoms with van der Waals surface area (Å²) in [5, 5.41) is 6.21. The monoisotopic (exact) mass is 515 g/mol. The molecule has 39 heavy (non-hydrogen) atoms. The highest BCUT2D eigenvalue weighted by molar-refractivity contribution is 6.32. The first kappa shape index (κ1) is 27.9. The van der Waals surface area contributed by atoms with Crippen molar-refractivity contribution in [3.8, 4) is 11.1 Å². The third-order valence-electron chi connectivity index (χ3n) is 7.16. The van der Waals surface area contributed by atoms with Crippen LogP contribution in [-0.4, -0.2) is 19.1 Å². The number of aryl methyl sites for hydroxylation is 5. The number of rotatable bonds is 8. The van der Waals surface area contributed by atoms with Gasteiger partial charge in [-0.2, -0.15) is 0 Å². The van der Waals surface area contributed by atoms with Crippen molar-refractivity contribution in [2.75, 3.05) is 10.6 Å². The predicted octanol–water partition coefficient (Wildman–Crippen LogP) is 7.91. The van der Waals surface area contributed by atoms with Crippen LogP contribution in [0, 0.1) is 27.7 Å². The average molecular weight is 515 g/mol. The lowest BCUT2D eigenvalue weighted by atomic mass is 9.75. The van der Waals surface area contributed by atoms with E-state index in [0.29, 0.717) is 11.1 Å². The van der Waals surface area contributed by atoms with E-state index in [0.717, 1.165) is 57.5 Å². The molecule has 0 aliphatic rings. The van der Waals surface area contributed by atoms with Crippen molar-refractivity contribution >= 4 is 30.5 Å². The molecule has 0 saturated heterocycles. The average Bonchev–Trinajstić information content (AvgIpc) is 2.93. The molecule has 2 N–H and O–H groups in total. The molecule has 2 amide bonds. The largest absolute Gasteiger partial charge is 0.322 e. The Labute approximate surface area is 233 Å². The molecular weight excluding hydrogens is 479 g/mol. The lowest BCUT2D eigenvalue weighted by molar-refractivity contribution is 0.101. The van der Waals surface area contributed by atoms with Crippen LogP contribution in [0.4, 0.5) is 11.4 Å². The summed E-state index contributed by atoms with van der Waals surface area (Å²) in [5.74, 6) is -0.223. The van der Waals surface area contributed by atoms with Gasteiger partial charge < -0.3 is 10.6 Å². The third kappa shape index (κ3) is 6.48. The second kappa shape index (κ2) is 12.2. The molecule has 0 saturated carbocycles. The molecular formula is C34H36BN2O2. The fourth-order valence-corrected chi connectivity index (χ4v) is 4.95. The summed E-state index contributed by atoms with van der Waals surface area (Å²) < 4.78 is 0. The first-order valence-electron chi connectivity index (χ1n) is 13.5. The molecule has 0 aliphatic heterocycles. The molecule has 4 aromatic rings. The zero-order valence-electron chi connectivity index (χ0n) is 23.7. The van der Waals surface area contributed by atoms with Gasteiger partial charge in [-0.25, -0.2) is 0 Å². The van der Waals surface area contributed by atoms with Gasteiger partial charge in [0.05, 0.1) is 0 Å². The van der Waals surface area contributed by atoms with Gasteiger partial charge >= 0.3 is 0 Å². The van der Waals surface area contributed by atoms with E-state index in [1.165, 1.54) is 11.1 Å². The molecule has 0 aromatic heterocycles. The van der Waals surface area contributed by atoms with E-state index in [1.54, 1.807) is 0 Å². The number of amides is 2. The van der Waals surface area contributed by atoms with E-state index in [-0.39, 0.29) is 11.8 Å². The Kier molecular flexibility index (Phi) is 8.70. The maximum absolute atomic E-state index is 12.9. The number of nitrogens with one attached hydrogen (secondary N) is 2. The van der Waals surface area contributed by atoms with Gasteiger partial charge in [-0.15, -0.1) is 0 Å². The second-order valence-electron chi connectivity index (χ2n) is 10.2. The number of carbonyl (C=O) groups excluding carboxylic acids is 2. The Balaban J connectivity index is 1.53. The number of anilines is 2. The topological polar surface area (TPSA) is 58.2 Å². The lowest BCUT2D eigenvalue weighted by Gasteiger charge is -2.17. The zero-order valence-corrected chi connectivity index (χ0v) is 23.7. The van der Waals surface area contributed by atoms with Crippen molar-refractivity contribution in [2.45, 2.75) is 54.2 Å². The molecule has 4 aromatic carbocycles. The van der Waals surface area contributed by atoms with E-state index in [1.807, 2.05) is 83.0 Å². The van der Waals surface area contributed by atoms with Crippen LogP contribution >= 0.6 is 0 Å². The minimum absolute atomic E-state index is 0.110. The van der Waals surface area contributed by atoms with Gasteiger partial charge in [-0.05, 0) is 122 Å².